The number of alkyl halides is 3. The highest BCUT2D eigenvalue weighted by molar-refractivity contribution is 6.44. The second kappa shape index (κ2) is 6.66. The molecule has 2 rings (SSSR count). The van der Waals surface area contributed by atoms with Crippen LogP contribution in [-0.2, 0) is 15.8 Å². The number of anilines is 2. The van der Waals surface area contributed by atoms with Gasteiger partial charge in [-0.1, -0.05) is 23.7 Å². The van der Waals surface area contributed by atoms with Gasteiger partial charge >= 0.3 is 18.0 Å². The summed E-state index contributed by atoms with van der Waals surface area (Å²) in [5, 5.41) is 4.03. The van der Waals surface area contributed by atoms with Gasteiger partial charge in [-0.15, -0.1) is 0 Å². The molecule has 0 bridgehead atoms. The van der Waals surface area contributed by atoms with Crippen LogP contribution in [-0.4, -0.2) is 16.8 Å². The Bertz CT molecular complexity index is 750. The van der Waals surface area contributed by atoms with E-state index in [1.54, 1.807) is 0 Å². The molecule has 0 radical (unpaired) electrons. The Balaban J connectivity index is 2.14. The Morgan fingerprint density at radius 1 is 0.957 bits per heavy atom. The third kappa shape index (κ3) is 4.19. The lowest BCUT2D eigenvalue weighted by molar-refractivity contribution is -0.137. The van der Waals surface area contributed by atoms with Crippen LogP contribution in [0.15, 0.2) is 42.6 Å². The summed E-state index contributed by atoms with van der Waals surface area (Å²) in [5.74, 6) is -2.43. The summed E-state index contributed by atoms with van der Waals surface area (Å²) in [6.07, 6.45) is -3.29. The van der Waals surface area contributed by atoms with E-state index in [2.05, 4.69) is 10.3 Å². The standard InChI is InChI=1S/C14H9ClF3N3O2/c15-11-10(6-3-7-19-11)21-13(23)12(22)20-9-5-2-1-4-8(9)14(16,17)18/h1-7H,(H,20,22)(H,21,23). The lowest BCUT2D eigenvalue weighted by Gasteiger charge is -2.13. The van der Waals surface area contributed by atoms with E-state index in [9.17, 15) is 22.8 Å². The predicted octanol–water partition coefficient (Wildman–Crippen LogP) is 3.33. The molecule has 1 aromatic carbocycles. The summed E-state index contributed by atoms with van der Waals surface area (Å²) in [5.41, 5.74) is -1.50. The van der Waals surface area contributed by atoms with Crippen molar-refractivity contribution >= 4 is 34.8 Å². The van der Waals surface area contributed by atoms with Crippen LogP contribution in [0.1, 0.15) is 5.56 Å². The fraction of sp³-hybridized carbons (Fsp3) is 0.0714. The molecule has 9 heteroatoms. The maximum atomic E-state index is 12.8. The van der Waals surface area contributed by atoms with E-state index in [0.29, 0.717) is 0 Å². The third-order valence-corrected chi connectivity index (χ3v) is 3.00. The molecule has 2 N–H and O–H groups in total. The van der Waals surface area contributed by atoms with Gasteiger partial charge in [0.15, 0.2) is 5.15 Å². The summed E-state index contributed by atoms with van der Waals surface area (Å²) in [6, 6.07) is 7.19. The van der Waals surface area contributed by atoms with Gasteiger partial charge in [0.25, 0.3) is 0 Å². The second-order valence-corrected chi connectivity index (χ2v) is 4.65. The number of pyridine rings is 1. The van der Waals surface area contributed by atoms with Crippen LogP contribution < -0.4 is 10.6 Å². The minimum atomic E-state index is -4.66. The van der Waals surface area contributed by atoms with Crippen LogP contribution in [0.25, 0.3) is 0 Å². The van der Waals surface area contributed by atoms with Crippen LogP contribution in [0.3, 0.4) is 0 Å². The molecule has 120 valence electrons. The molecule has 0 atom stereocenters. The minimum Gasteiger partial charge on any atom is -0.317 e. The van der Waals surface area contributed by atoms with Crippen molar-refractivity contribution in [2.45, 2.75) is 6.18 Å². The number of rotatable bonds is 2. The highest BCUT2D eigenvalue weighted by Gasteiger charge is 2.34. The van der Waals surface area contributed by atoms with Gasteiger partial charge in [-0.2, -0.15) is 13.2 Å². The molecule has 2 amide bonds. The van der Waals surface area contributed by atoms with Gasteiger partial charge in [-0.3, -0.25) is 9.59 Å². The van der Waals surface area contributed by atoms with Gasteiger partial charge in [-0.05, 0) is 24.3 Å². The Kier molecular flexibility index (Phi) is 4.85. The molecule has 0 aliphatic rings. The summed E-state index contributed by atoms with van der Waals surface area (Å²) < 4.78 is 38.5. The molecule has 0 fully saturated rings. The number of hydrogen-bond acceptors (Lipinski definition) is 3. The third-order valence-electron chi connectivity index (χ3n) is 2.69. The van der Waals surface area contributed by atoms with Crippen molar-refractivity contribution < 1.29 is 22.8 Å². The largest absolute Gasteiger partial charge is 0.418 e. The van der Waals surface area contributed by atoms with Crippen LogP contribution in [0.4, 0.5) is 24.5 Å². The predicted molar refractivity (Wildman–Crippen MR) is 78.0 cm³/mol. The number of nitrogens with zero attached hydrogens (tertiary/aromatic N) is 1. The van der Waals surface area contributed by atoms with Crippen LogP contribution in [0, 0.1) is 0 Å². The molecule has 0 saturated carbocycles. The summed E-state index contributed by atoms with van der Waals surface area (Å²) in [6.45, 7) is 0. The van der Waals surface area contributed by atoms with Crippen LogP contribution in [0.5, 0.6) is 0 Å². The van der Waals surface area contributed by atoms with Crippen molar-refractivity contribution in [3.8, 4) is 0 Å². The number of para-hydroxylation sites is 1. The molecule has 23 heavy (non-hydrogen) atoms. The van der Waals surface area contributed by atoms with Crippen molar-refractivity contribution in [2.24, 2.45) is 0 Å². The second-order valence-electron chi connectivity index (χ2n) is 4.29. The highest BCUT2D eigenvalue weighted by atomic mass is 35.5. The summed E-state index contributed by atoms with van der Waals surface area (Å²) >= 11 is 5.71. The first-order chi connectivity index (χ1) is 10.8. The zero-order valence-electron chi connectivity index (χ0n) is 11.3. The van der Waals surface area contributed by atoms with Crippen molar-refractivity contribution in [3.05, 3.63) is 53.3 Å². The molecule has 1 aromatic heterocycles. The van der Waals surface area contributed by atoms with E-state index >= 15 is 0 Å². The highest BCUT2D eigenvalue weighted by Crippen LogP contribution is 2.34. The zero-order valence-corrected chi connectivity index (χ0v) is 12.1. The quantitative estimate of drug-likeness (QED) is 0.649. The molecule has 0 spiro atoms. The number of halogens is 4. The fourth-order valence-corrected chi connectivity index (χ4v) is 1.84. The lowest BCUT2D eigenvalue weighted by atomic mass is 10.1. The molecular formula is C14H9ClF3N3O2. The van der Waals surface area contributed by atoms with Crippen molar-refractivity contribution in [2.75, 3.05) is 10.6 Å². The van der Waals surface area contributed by atoms with E-state index in [1.165, 1.54) is 30.5 Å². The number of amides is 2. The average molecular weight is 344 g/mol. The monoisotopic (exact) mass is 343 g/mol. The van der Waals surface area contributed by atoms with Crippen molar-refractivity contribution in [1.82, 2.24) is 4.98 Å². The van der Waals surface area contributed by atoms with Gasteiger partial charge in [0.05, 0.1) is 16.9 Å². The molecule has 0 aliphatic heterocycles. The van der Waals surface area contributed by atoms with Crippen molar-refractivity contribution in [3.63, 3.8) is 0 Å². The SMILES string of the molecule is O=C(Nc1ccccc1C(F)(F)F)C(=O)Nc1cccnc1Cl. The Hall–Kier alpha value is -2.61. The molecule has 1 heterocycles. The first-order valence-corrected chi connectivity index (χ1v) is 6.56. The van der Waals surface area contributed by atoms with Crippen molar-refractivity contribution in [1.29, 1.82) is 0 Å². The Morgan fingerprint density at radius 3 is 2.13 bits per heavy atom. The van der Waals surface area contributed by atoms with Gasteiger partial charge in [0, 0.05) is 6.20 Å². The summed E-state index contributed by atoms with van der Waals surface area (Å²) in [4.78, 5) is 27.2. The molecular weight excluding hydrogens is 335 g/mol. The lowest BCUT2D eigenvalue weighted by Crippen LogP contribution is -2.30. The Labute approximate surface area is 133 Å². The van der Waals surface area contributed by atoms with Gasteiger partial charge < -0.3 is 10.6 Å². The number of carbonyl (C=O) groups excluding carboxylic acids is 2. The number of hydrogen-bond donors (Lipinski definition) is 2. The van der Waals surface area contributed by atoms with E-state index in [0.717, 1.165) is 12.1 Å². The first-order valence-electron chi connectivity index (χ1n) is 6.18. The minimum absolute atomic E-state index is 0.0515. The van der Waals surface area contributed by atoms with E-state index in [1.807, 2.05) is 5.32 Å². The topological polar surface area (TPSA) is 71.1 Å². The number of benzene rings is 1. The van der Waals surface area contributed by atoms with Gasteiger partial charge in [0.1, 0.15) is 0 Å². The molecule has 0 saturated heterocycles. The van der Waals surface area contributed by atoms with E-state index in [4.69, 9.17) is 11.6 Å². The number of nitrogens with one attached hydrogen (secondary N) is 2. The van der Waals surface area contributed by atoms with E-state index < -0.39 is 29.2 Å². The average Bonchev–Trinajstić information content (AvgIpc) is 2.49. The van der Waals surface area contributed by atoms with E-state index in [-0.39, 0.29) is 10.8 Å². The maximum Gasteiger partial charge on any atom is 0.418 e. The summed E-state index contributed by atoms with van der Waals surface area (Å²) in [7, 11) is 0. The Morgan fingerprint density at radius 2 is 1.52 bits per heavy atom. The van der Waals surface area contributed by atoms with Gasteiger partial charge in [0.2, 0.25) is 0 Å². The normalized spacial score (nSPS) is 11.0. The maximum absolute atomic E-state index is 12.8. The van der Waals surface area contributed by atoms with Crippen LogP contribution in [0.2, 0.25) is 5.15 Å². The molecule has 0 unspecified atom stereocenters. The molecule has 5 nitrogen and oxygen atoms in total. The molecule has 0 aliphatic carbocycles. The smallest absolute Gasteiger partial charge is 0.317 e. The first kappa shape index (κ1) is 16.8. The number of carbonyl (C=O) groups is 2. The fourth-order valence-electron chi connectivity index (χ4n) is 1.68. The zero-order chi connectivity index (χ0) is 17.0. The van der Waals surface area contributed by atoms with Gasteiger partial charge in [-0.25, -0.2) is 4.98 Å². The van der Waals surface area contributed by atoms with Crippen LogP contribution >= 0.6 is 11.6 Å². The number of aromatic nitrogens is 1. The molecule has 2 aromatic rings.